The predicted octanol–water partition coefficient (Wildman–Crippen LogP) is 2.50. The van der Waals surface area contributed by atoms with Crippen LogP contribution in [0.2, 0.25) is 0 Å². The number of nitrogens with zero attached hydrogens (tertiary/aromatic N) is 2. The zero-order valence-corrected chi connectivity index (χ0v) is 20.1. The van der Waals surface area contributed by atoms with Crippen LogP contribution in [0, 0.1) is 5.82 Å². The van der Waals surface area contributed by atoms with Gasteiger partial charge in [-0.2, -0.15) is 4.31 Å². The first-order valence-corrected chi connectivity index (χ1v) is 12.2. The van der Waals surface area contributed by atoms with Crippen LogP contribution in [0.4, 0.5) is 4.39 Å². The molecule has 11 heteroatoms. The van der Waals surface area contributed by atoms with E-state index in [4.69, 9.17) is 18.9 Å². The molecule has 0 unspecified atom stereocenters. The summed E-state index contributed by atoms with van der Waals surface area (Å²) >= 11 is 0. The van der Waals surface area contributed by atoms with Gasteiger partial charge in [0.1, 0.15) is 11.5 Å². The van der Waals surface area contributed by atoms with Crippen LogP contribution in [0.25, 0.3) is 0 Å². The maximum absolute atomic E-state index is 13.3. The quantitative estimate of drug-likeness (QED) is 0.609. The molecule has 1 spiro atoms. The number of piperidine rings is 1. The van der Waals surface area contributed by atoms with Crippen molar-refractivity contribution in [2.24, 2.45) is 0 Å². The van der Waals surface area contributed by atoms with E-state index in [2.05, 4.69) is 0 Å². The summed E-state index contributed by atoms with van der Waals surface area (Å²) in [6.45, 7) is 1.04. The van der Waals surface area contributed by atoms with Crippen LogP contribution in [-0.4, -0.2) is 76.8 Å². The van der Waals surface area contributed by atoms with Gasteiger partial charge < -0.3 is 23.8 Å². The summed E-state index contributed by atoms with van der Waals surface area (Å²) in [5, 5.41) is 0. The number of carbonyl (C=O) groups is 1. The number of hydrogen-bond acceptors (Lipinski definition) is 7. The van der Waals surface area contributed by atoms with Gasteiger partial charge in [0, 0.05) is 38.0 Å². The summed E-state index contributed by atoms with van der Waals surface area (Å²) in [6.07, 6.45) is 0.618. The molecule has 2 aliphatic heterocycles. The van der Waals surface area contributed by atoms with Crippen molar-refractivity contribution in [2.45, 2.75) is 23.5 Å². The Morgan fingerprint density at radius 3 is 2.09 bits per heavy atom. The lowest BCUT2D eigenvalue weighted by Gasteiger charge is -2.42. The minimum absolute atomic E-state index is 0.00899. The van der Waals surface area contributed by atoms with E-state index in [9.17, 15) is 17.6 Å². The molecule has 0 atom stereocenters. The molecule has 0 aromatic heterocycles. The van der Waals surface area contributed by atoms with Crippen molar-refractivity contribution in [2.75, 3.05) is 47.6 Å². The molecule has 0 saturated carbocycles. The largest absolute Gasteiger partial charge is 0.493 e. The number of sulfonamides is 1. The van der Waals surface area contributed by atoms with Crippen LogP contribution in [0.5, 0.6) is 17.2 Å². The Morgan fingerprint density at radius 2 is 1.56 bits per heavy atom. The number of hydrogen-bond donors (Lipinski definition) is 0. The van der Waals surface area contributed by atoms with Gasteiger partial charge in [-0.25, -0.2) is 12.8 Å². The van der Waals surface area contributed by atoms with E-state index in [1.54, 1.807) is 17.0 Å². The molecular formula is C23H27FN2O7S. The van der Waals surface area contributed by atoms with Gasteiger partial charge in [0.15, 0.2) is 11.5 Å². The van der Waals surface area contributed by atoms with E-state index in [0.717, 1.165) is 12.1 Å². The van der Waals surface area contributed by atoms with Crippen LogP contribution in [0.15, 0.2) is 41.3 Å². The first kappa shape index (κ1) is 24.2. The van der Waals surface area contributed by atoms with Gasteiger partial charge in [0.2, 0.25) is 15.8 Å². The van der Waals surface area contributed by atoms with Gasteiger partial charge in [-0.15, -0.1) is 0 Å². The molecule has 2 aromatic rings. The second-order valence-electron chi connectivity index (χ2n) is 8.03. The highest BCUT2D eigenvalue weighted by molar-refractivity contribution is 7.89. The fourth-order valence-corrected chi connectivity index (χ4v) is 6.23. The molecule has 1 amide bonds. The first-order valence-electron chi connectivity index (χ1n) is 10.8. The van der Waals surface area contributed by atoms with Crippen LogP contribution in [0.3, 0.4) is 0 Å². The van der Waals surface area contributed by atoms with Gasteiger partial charge in [-0.05, 0) is 36.4 Å². The predicted molar refractivity (Wildman–Crippen MR) is 120 cm³/mol. The van der Waals surface area contributed by atoms with E-state index in [0.29, 0.717) is 48.7 Å². The second kappa shape index (κ2) is 9.40. The van der Waals surface area contributed by atoms with Crippen LogP contribution >= 0.6 is 0 Å². The van der Waals surface area contributed by atoms with E-state index >= 15 is 0 Å². The van der Waals surface area contributed by atoms with Gasteiger partial charge in [-0.3, -0.25) is 4.79 Å². The summed E-state index contributed by atoms with van der Waals surface area (Å²) in [4.78, 5) is 14.9. The fraction of sp³-hybridized carbons (Fsp3) is 0.435. The third-order valence-corrected chi connectivity index (χ3v) is 8.23. The third-order valence-electron chi connectivity index (χ3n) is 6.26. The van der Waals surface area contributed by atoms with E-state index < -0.39 is 21.6 Å². The average Bonchev–Trinajstić information content (AvgIpc) is 3.27. The number of amides is 1. The highest BCUT2D eigenvalue weighted by Gasteiger charge is 2.51. The maximum atomic E-state index is 13.3. The fourth-order valence-electron chi connectivity index (χ4n) is 4.51. The zero-order chi connectivity index (χ0) is 24.5. The lowest BCUT2D eigenvalue weighted by Crippen LogP contribution is -2.55. The Hall–Kier alpha value is -2.89. The number of ether oxygens (including phenoxy) is 4. The average molecular weight is 495 g/mol. The van der Waals surface area contributed by atoms with Crippen molar-refractivity contribution in [3.63, 3.8) is 0 Å². The Balaban J connectivity index is 1.53. The van der Waals surface area contributed by atoms with E-state index in [1.807, 2.05) is 0 Å². The number of rotatable bonds is 6. The van der Waals surface area contributed by atoms with Crippen molar-refractivity contribution in [1.29, 1.82) is 0 Å². The number of halogens is 1. The molecule has 2 saturated heterocycles. The molecule has 34 heavy (non-hydrogen) atoms. The monoisotopic (exact) mass is 494 g/mol. The Labute approximate surface area is 198 Å². The minimum Gasteiger partial charge on any atom is -0.493 e. The Bertz CT molecular complexity index is 1140. The SMILES string of the molecule is COc1cc(C(=O)N2CCC3(CC2)OCCN3S(=O)(=O)c2ccc(F)cc2)cc(OC)c1OC. The molecule has 0 N–H and O–H groups in total. The number of methoxy groups -OCH3 is 3. The lowest BCUT2D eigenvalue weighted by molar-refractivity contribution is -0.0857. The normalized spacial score (nSPS) is 18.2. The van der Waals surface area contributed by atoms with Crippen molar-refractivity contribution >= 4 is 15.9 Å². The number of likely N-dealkylation sites (tertiary alicyclic amines) is 1. The molecule has 0 bridgehead atoms. The first-order chi connectivity index (χ1) is 16.3. The number of benzene rings is 2. The van der Waals surface area contributed by atoms with Gasteiger partial charge in [0.05, 0.1) is 32.8 Å². The summed E-state index contributed by atoms with van der Waals surface area (Å²) < 4.78 is 63.1. The topological polar surface area (TPSA) is 94.6 Å². The van der Waals surface area contributed by atoms with Crippen molar-refractivity contribution < 1.29 is 36.6 Å². The zero-order valence-electron chi connectivity index (χ0n) is 19.2. The molecule has 2 heterocycles. The molecule has 184 valence electrons. The van der Waals surface area contributed by atoms with Crippen molar-refractivity contribution in [3.8, 4) is 17.2 Å². The minimum atomic E-state index is -3.89. The molecule has 2 aliphatic rings. The summed E-state index contributed by atoms with van der Waals surface area (Å²) in [7, 11) is 0.550. The van der Waals surface area contributed by atoms with Crippen LogP contribution in [-0.2, 0) is 14.8 Å². The summed E-state index contributed by atoms with van der Waals surface area (Å²) in [5.74, 6) is 0.383. The summed E-state index contributed by atoms with van der Waals surface area (Å²) in [6, 6.07) is 7.92. The van der Waals surface area contributed by atoms with Crippen LogP contribution in [0.1, 0.15) is 23.2 Å². The smallest absolute Gasteiger partial charge is 0.254 e. The lowest BCUT2D eigenvalue weighted by atomic mass is 9.99. The van der Waals surface area contributed by atoms with E-state index in [-0.39, 0.29) is 24.0 Å². The van der Waals surface area contributed by atoms with Crippen molar-refractivity contribution in [1.82, 2.24) is 9.21 Å². The standard InChI is InChI=1S/C23H27FN2O7S/c1-30-19-14-16(15-20(31-2)21(19)32-3)22(27)25-10-8-23(9-11-25)26(12-13-33-23)34(28,29)18-6-4-17(24)5-7-18/h4-7,14-15H,8-13H2,1-3H3. The van der Waals surface area contributed by atoms with Gasteiger partial charge in [0.25, 0.3) is 5.91 Å². The maximum Gasteiger partial charge on any atom is 0.254 e. The van der Waals surface area contributed by atoms with Gasteiger partial charge >= 0.3 is 0 Å². The third kappa shape index (κ3) is 4.19. The highest BCUT2D eigenvalue weighted by Crippen LogP contribution is 2.41. The van der Waals surface area contributed by atoms with Gasteiger partial charge in [-0.1, -0.05) is 0 Å². The molecule has 0 aliphatic carbocycles. The highest BCUT2D eigenvalue weighted by atomic mass is 32.2. The number of carbonyl (C=O) groups excluding carboxylic acids is 1. The Kier molecular flexibility index (Phi) is 6.70. The van der Waals surface area contributed by atoms with Crippen molar-refractivity contribution in [3.05, 3.63) is 47.8 Å². The molecule has 4 rings (SSSR count). The molecule has 9 nitrogen and oxygen atoms in total. The van der Waals surface area contributed by atoms with Crippen LogP contribution < -0.4 is 14.2 Å². The molecule has 0 radical (unpaired) electrons. The molecular weight excluding hydrogens is 467 g/mol. The second-order valence-corrected chi connectivity index (χ2v) is 9.89. The molecule has 2 fully saturated rings. The Morgan fingerprint density at radius 1 is 0.971 bits per heavy atom. The molecule has 2 aromatic carbocycles. The summed E-state index contributed by atoms with van der Waals surface area (Å²) in [5.41, 5.74) is -0.673. The van der Waals surface area contributed by atoms with E-state index in [1.165, 1.54) is 37.8 Å².